The molecule has 2 rings (SSSR count). The van der Waals surface area contributed by atoms with Crippen LogP contribution in [0.5, 0.6) is 0 Å². The fraction of sp³-hybridized carbons (Fsp3) is 0.545. The maximum absolute atomic E-state index is 11.5. The maximum atomic E-state index is 11.5. The summed E-state index contributed by atoms with van der Waals surface area (Å²) >= 11 is 1.74. The van der Waals surface area contributed by atoms with Gasteiger partial charge in [-0.25, -0.2) is 0 Å². The lowest BCUT2D eigenvalue weighted by Crippen LogP contribution is -2.59. The monoisotopic (exact) mass is 209 g/mol. The Morgan fingerprint density at radius 2 is 2.36 bits per heavy atom. The molecule has 1 aliphatic rings. The Hall–Kier alpha value is -0.830. The van der Waals surface area contributed by atoms with Gasteiger partial charge in [0.05, 0.1) is 11.5 Å². The summed E-state index contributed by atoms with van der Waals surface area (Å²) in [6.45, 7) is 6.21. The van der Waals surface area contributed by atoms with E-state index in [4.69, 9.17) is 0 Å². The summed E-state index contributed by atoms with van der Waals surface area (Å²) in [5.41, 5.74) is 1.07. The normalized spacial score (nSPS) is 31.1. The Bertz CT molecular complexity index is 371. The van der Waals surface area contributed by atoms with Crippen molar-refractivity contribution in [1.29, 1.82) is 0 Å². The van der Waals surface area contributed by atoms with Crippen LogP contribution in [0.4, 0.5) is 0 Å². The molecule has 3 heteroatoms. The second kappa shape index (κ2) is 3.09. The lowest BCUT2D eigenvalue weighted by Gasteiger charge is -2.45. The molecular weight excluding hydrogens is 194 g/mol. The van der Waals surface area contributed by atoms with Crippen LogP contribution in [0.2, 0.25) is 0 Å². The first kappa shape index (κ1) is 9.71. The molecule has 0 spiro atoms. The maximum Gasteiger partial charge on any atom is 0.228 e. The fourth-order valence-electron chi connectivity index (χ4n) is 1.94. The largest absolute Gasteiger partial charge is 0.348 e. The molecule has 0 radical (unpaired) electrons. The number of amides is 1. The molecule has 0 bridgehead atoms. The number of aryl methyl sites for hydroxylation is 1. The number of thiophene rings is 1. The molecule has 2 heterocycles. The minimum Gasteiger partial charge on any atom is -0.348 e. The Balaban J connectivity index is 2.26. The molecule has 1 aromatic heterocycles. The van der Waals surface area contributed by atoms with Gasteiger partial charge >= 0.3 is 0 Å². The van der Waals surface area contributed by atoms with E-state index in [1.165, 1.54) is 10.4 Å². The van der Waals surface area contributed by atoms with Crippen molar-refractivity contribution < 1.29 is 4.79 Å². The summed E-state index contributed by atoms with van der Waals surface area (Å²) in [7, 11) is 0. The van der Waals surface area contributed by atoms with Crippen molar-refractivity contribution in [3.05, 3.63) is 21.9 Å². The zero-order chi connectivity index (χ0) is 10.3. The third-order valence-corrected chi connectivity index (χ3v) is 4.13. The van der Waals surface area contributed by atoms with E-state index >= 15 is 0 Å². The average Bonchev–Trinajstić information content (AvgIpc) is 2.59. The third kappa shape index (κ3) is 1.19. The van der Waals surface area contributed by atoms with E-state index < -0.39 is 0 Å². The summed E-state index contributed by atoms with van der Waals surface area (Å²) in [5, 5.41) is 5.13. The van der Waals surface area contributed by atoms with Crippen molar-refractivity contribution in [2.75, 3.05) is 0 Å². The van der Waals surface area contributed by atoms with Gasteiger partial charge in [-0.15, -0.1) is 11.3 Å². The molecule has 1 N–H and O–H groups in total. The highest BCUT2D eigenvalue weighted by Crippen LogP contribution is 2.45. The lowest BCUT2D eigenvalue weighted by atomic mass is 9.70. The van der Waals surface area contributed by atoms with Gasteiger partial charge in [-0.1, -0.05) is 6.92 Å². The predicted octanol–water partition coefficient (Wildman–Crippen LogP) is 2.64. The van der Waals surface area contributed by atoms with E-state index in [1.807, 2.05) is 6.92 Å². The van der Waals surface area contributed by atoms with E-state index in [2.05, 4.69) is 30.6 Å². The van der Waals surface area contributed by atoms with Crippen LogP contribution in [0.3, 0.4) is 0 Å². The number of hydrogen-bond donors (Lipinski definition) is 1. The Kier molecular flexibility index (Phi) is 2.14. The van der Waals surface area contributed by atoms with Gasteiger partial charge in [-0.2, -0.15) is 0 Å². The molecule has 1 saturated heterocycles. The number of rotatable bonds is 2. The zero-order valence-electron chi connectivity index (χ0n) is 8.76. The van der Waals surface area contributed by atoms with Gasteiger partial charge in [0.1, 0.15) is 0 Å². The Morgan fingerprint density at radius 1 is 1.64 bits per heavy atom. The molecule has 1 aliphatic heterocycles. The van der Waals surface area contributed by atoms with Crippen LogP contribution in [0.1, 0.15) is 36.8 Å². The highest BCUT2D eigenvalue weighted by Gasteiger charge is 2.50. The number of carbonyl (C=O) groups excluding carboxylic acids is 1. The molecule has 1 aromatic rings. The van der Waals surface area contributed by atoms with Gasteiger partial charge in [0.15, 0.2) is 0 Å². The second-order valence-corrected chi connectivity index (χ2v) is 5.28. The first-order valence-electron chi connectivity index (χ1n) is 4.94. The van der Waals surface area contributed by atoms with Crippen LogP contribution in [-0.2, 0) is 4.79 Å². The van der Waals surface area contributed by atoms with Crippen LogP contribution in [-0.4, -0.2) is 5.91 Å². The van der Waals surface area contributed by atoms with E-state index in [-0.39, 0.29) is 17.4 Å². The summed E-state index contributed by atoms with van der Waals surface area (Å²) < 4.78 is 0. The van der Waals surface area contributed by atoms with Crippen molar-refractivity contribution in [3.8, 4) is 0 Å². The number of β-lactam (4-membered cyclic amide) rings is 1. The smallest absolute Gasteiger partial charge is 0.228 e. The summed E-state index contributed by atoms with van der Waals surface area (Å²) in [4.78, 5) is 12.8. The third-order valence-electron chi connectivity index (χ3n) is 3.25. The van der Waals surface area contributed by atoms with Crippen LogP contribution in [0.25, 0.3) is 0 Å². The van der Waals surface area contributed by atoms with Crippen LogP contribution in [0, 0.1) is 12.3 Å². The molecule has 1 fully saturated rings. The quantitative estimate of drug-likeness (QED) is 0.745. The van der Waals surface area contributed by atoms with Crippen molar-refractivity contribution in [2.24, 2.45) is 5.41 Å². The van der Waals surface area contributed by atoms with Gasteiger partial charge in [0.2, 0.25) is 5.91 Å². The molecule has 2 unspecified atom stereocenters. The topological polar surface area (TPSA) is 29.1 Å². The van der Waals surface area contributed by atoms with Crippen molar-refractivity contribution in [2.45, 2.75) is 33.2 Å². The highest BCUT2D eigenvalue weighted by atomic mass is 32.1. The predicted molar refractivity (Wildman–Crippen MR) is 58.3 cm³/mol. The van der Waals surface area contributed by atoms with Gasteiger partial charge in [-0.3, -0.25) is 4.79 Å². The molecule has 0 aliphatic carbocycles. The molecule has 2 nitrogen and oxygen atoms in total. The molecule has 1 amide bonds. The van der Waals surface area contributed by atoms with Crippen LogP contribution >= 0.6 is 11.3 Å². The summed E-state index contributed by atoms with van der Waals surface area (Å²) in [5.74, 6) is 0.189. The zero-order valence-corrected chi connectivity index (χ0v) is 9.57. The molecule has 76 valence electrons. The Labute approximate surface area is 88.3 Å². The number of carbonyl (C=O) groups is 1. The molecule has 2 atom stereocenters. The van der Waals surface area contributed by atoms with E-state index in [1.54, 1.807) is 11.3 Å². The van der Waals surface area contributed by atoms with Gasteiger partial charge < -0.3 is 5.32 Å². The van der Waals surface area contributed by atoms with Crippen LogP contribution < -0.4 is 5.32 Å². The van der Waals surface area contributed by atoms with Crippen molar-refractivity contribution in [1.82, 2.24) is 5.32 Å². The standard InChI is InChI=1S/C11H15NOS/c1-4-11(3)9(12-10(11)13)8-5-7(2)14-6-8/h5-6,9H,4H2,1-3H3,(H,12,13). The van der Waals surface area contributed by atoms with Crippen molar-refractivity contribution in [3.63, 3.8) is 0 Å². The van der Waals surface area contributed by atoms with Gasteiger partial charge in [-0.05, 0) is 37.3 Å². The summed E-state index contributed by atoms with van der Waals surface area (Å²) in [6.07, 6.45) is 0.901. The van der Waals surface area contributed by atoms with E-state index in [9.17, 15) is 4.79 Å². The van der Waals surface area contributed by atoms with Gasteiger partial charge in [0, 0.05) is 4.88 Å². The second-order valence-electron chi connectivity index (χ2n) is 4.17. The first-order valence-corrected chi connectivity index (χ1v) is 5.82. The first-order chi connectivity index (χ1) is 6.58. The summed E-state index contributed by atoms with van der Waals surface area (Å²) in [6, 6.07) is 2.40. The average molecular weight is 209 g/mol. The van der Waals surface area contributed by atoms with Crippen molar-refractivity contribution >= 4 is 17.2 Å². The number of nitrogens with one attached hydrogen (secondary N) is 1. The Morgan fingerprint density at radius 3 is 2.79 bits per heavy atom. The molecule has 14 heavy (non-hydrogen) atoms. The minimum absolute atomic E-state index is 0.187. The van der Waals surface area contributed by atoms with Crippen LogP contribution in [0.15, 0.2) is 11.4 Å². The number of hydrogen-bond acceptors (Lipinski definition) is 2. The van der Waals surface area contributed by atoms with Gasteiger partial charge in [0.25, 0.3) is 0 Å². The molecule has 0 saturated carbocycles. The molecular formula is C11H15NOS. The lowest BCUT2D eigenvalue weighted by molar-refractivity contribution is -0.145. The van der Waals surface area contributed by atoms with E-state index in [0.717, 1.165) is 6.42 Å². The van der Waals surface area contributed by atoms with E-state index in [0.29, 0.717) is 0 Å². The SMILES string of the molecule is CCC1(C)C(=O)NC1c1csc(C)c1. The highest BCUT2D eigenvalue weighted by molar-refractivity contribution is 7.10. The molecule has 0 aromatic carbocycles. The fourth-order valence-corrected chi connectivity index (χ4v) is 2.67. The minimum atomic E-state index is -0.187.